The van der Waals surface area contributed by atoms with Crippen LogP contribution >= 0.6 is 15.9 Å². The lowest BCUT2D eigenvalue weighted by Crippen LogP contribution is -2.10. The highest BCUT2D eigenvalue weighted by atomic mass is 79.9. The van der Waals surface area contributed by atoms with E-state index in [0.29, 0.717) is 5.56 Å². The number of aliphatic hydroxyl groups excluding tert-OH is 1. The largest absolute Gasteiger partial charge is 0.384 e. The quantitative estimate of drug-likeness (QED) is 0.930. The Kier molecular flexibility index (Phi) is 4.22. The first-order chi connectivity index (χ1) is 8.99. The Bertz CT molecular complexity index is 586. The van der Waals surface area contributed by atoms with Crippen molar-refractivity contribution >= 4 is 21.6 Å². The van der Waals surface area contributed by atoms with Gasteiger partial charge < -0.3 is 10.0 Å². The molecule has 2 aromatic rings. The van der Waals surface area contributed by atoms with Gasteiger partial charge in [-0.2, -0.15) is 0 Å². The van der Waals surface area contributed by atoms with Crippen LogP contribution in [0.15, 0.2) is 46.9 Å². The number of hydrogen-bond donors (Lipinski definition) is 1. The summed E-state index contributed by atoms with van der Waals surface area (Å²) in [4.78, 5) is 1.94. The standard InChI is InChI=1S/C15H15BrFNO/c1-18(2)12-5-3-4-10(8-12)15(19)13-9-11(16)6-7-14(13)17/h3-9,15,19H,1-2H3. The maximum Gasteiger partial charge on any atom is 0.129 e. The predicted octanol–water partition coefficient (Wildman–Crippen LogP) is 3.74. The number of benzene rings is 2. The highest BCUT2D eigenvalue weighted by molar-refractivity contribution is 9.10. The molecule has 2 nitrogen and oxygen atoms in total. The molecule has 0 radical (unpaired) electrons. The molecule has 0 fully saturated rings. The lowest BCUT2D eigenvalue weighted by atomic mass is 10.0. The first-order valence-electron chi connectivity index (χ1n) is 5.89. The summed E-state index contributed by atoms with van der Waals surface area (Å²) in [5.41, 5.74) is 1.90. The van der Waals surface area contributed by atoms with Crippen LogP contribution in [-0.2, 0) is 0 Å². The first-order valence-corrected chi connectivity index (χ1v) is 6.68. The van der Waals surface area contributed by atoms with Crippen molar-refractivity contribution in [3.8, 4) is 0 Å². The third-order valence-corrected chi connectivity index (χ3v) is 3.45. The van der Waals surface area contributed by atoms with E-state index in [-0.39, 0.29) is 5.56 Å². The summed E-state index contributed by atoms with van der Waals surface area (Å²) in [7, 11) is 3.84. The van der Waals surface area contributed by atoms with Crippen LogP contribution in [-0.4, -0.2) is 19.2 Å². The van der Waals surface area contributed by atoms with Crippen molar-refractivity contribution in [3.63, 3.8) is 0 Å². The molecule has 2 aromatic carbocycles. The van der Waals surface area contributed by atoms with Crippen LogP contribution in [0.1, 0.15) is 17.2 Å². The van der Waals surface area contributed by atoms with Crippen molar-refractivity contribution in [1.82, 2.24) is 0 Å². The molecule has 0 saturated heterocycles. The minimum Gasteiger partial charge on any atom is -0.384 e. The van der Waals surface area contributed by atoms with Crippen LogP contribution in [0.25, 0.3) is 0 Å². The molecule has 0 spiro atoms. The topological polar surface area (TPSA) is 23.5 Å². The molecule has 4 heteroatoms. The highest BCUT2D eigenvalue weighted by Gasteiger charge is 2.16. The Morgan fingerprint density at radius 1 is 1.16 bits per heavy atom. The predicted molar refractivity (Wildman–Crippen MR) is 78.9 cm³/mol. The molecular formula is C15H15BrFNO. The number of nitrogens with zero attached hydrogens (tertiary/aromatic N) is 1. The van der Waals surface area contributed by atoms with E-state index in [1.54, 1.807) is 18.2 Å². The van der Waals surface area contributed by atoms with E-state index in [2.05, 4.69) is 15.9 Å². The number of aliphatic hydroxyl groups is 1. The summed E-state index contributed by atoms with van der Waals surface area (Å²) >= 11 is 3.29. The molecule has 1 unspecified atom stereocenters. The van der Waals surface area contributed by atoms with Crippen LogP contribution in [0.3, 0.4) is 0 Å². The third kappa shape index (κ3) is 3.14. The van der Waals surface area contributed by atoms with Gasteiger partial charge in [-0.1, -0.05) is 28.1 Å². The van der Waals surface area contributed by atoms with Gasteiger partial charge in [-0.25, -0.2) is 4.39 Å². The second-order valence-corrected chi connectivity index (χ2v) is 5.47. The summed E-state index contributed by atoms with van der Waals surface area (Å²) in [6.45, 7) is 0. The van der Waals surface area contributed by atoms with Crippen LogP contribution < -0.4 is 4.90 Å². The number of hydrogen-bond acceptors (Lipinski definition) is 2. The molecule has 0 heterocycles. The zero-order valence-corrected chi connectivity index (χ0v) is 12.4. The molecule has 1 atom stereocenters. The van der Waals surface area contributed by atoms with Crippen molar-refractivity contribution in [2.75, 3.05) is 19.0 Å². The summed E-state index contributed by atoms with van der Waals surface area (Å²) < 4.78 is 14.5. The van der Waals surface area contributed by atoms with Crippen LogP contribution in [0, 0.1) is 5.82 Å². The SMILES string of the molecule is CN(C)c1cccc(C(O)c2cc(Br)ccc2F)c1. The van der Waals surface area contributed by atoms with Gasteiger partial charge in [0, 0.05) is 29.8 Å². The normalized spacial score (nSPS) is 12.3. The highest BCUT2D eigenvalue weighted by Crippen LogP contribution is 2.28. The van der Waals surface area contributed by atoms with Gasteiger partial charge in [0.25, 0.3) is 0 Å². The average Bonchev–Trinajstić information content (AvgIpc) is 2.41. The smallest absolute Gasteiger partial charge is 0.129 e. The third-order valence-electron chi connectivity index (χ3n) is 2.95. The summed E-state index contributed by atoms with van der Waals surface area (Å²) in [5, 5.41) is 10.3. The number of anilines is 1. The van der Waals surface area contributed by atoms with Gasteiger partial charge in [0.05, 0.1) is 0 Å². The summed E-state index contributed by atoms with van der Waals surface area (Å²) in [5.74, 6) is -0.411. The zero-order valence-electron chi connectivity index (χ0n) is 10.8. The molecule has 2 rings (SSSR count). The van der Waals surface area contributed by atoms with E-state index < -0.39 is 11.9 Å². The van der Waals surface area contributed by atoms with Gasteiger partial charge in [-0.15, -0.1) is 0 Å². The Balaban J connectivity index is 2.41. The maximum atomic E-state index is 13.8. The lowest BCUT2D eigenvalue weighted by Gasteiger charge is -2.17. The average molecular weight is 324 g/mol. The Labute approximate surface area is 120 Å². The van der Waals surface area contributed by atoms with Gasteiger partial charge in [0.15, 0.2) is 0 Å². The monoisotopic (exact) mass is 323 g/mol. The van der Waals surface area contributed by atoms with Crippen molar-refractivity contribution in [2.24, 2.45) is 0 Å². The number of halogens is 2. The summed E-state index contributed by atoms with van der Waals surface area (Å²) in [6.07, 6.45) is -0.975. The van der Waals surface area contributed by atoms with Crippen LogP contribution in [0.5, 0.6) is 0 Å². The van der Waals surface area contributed by atoms with E-state index in [1.807, 2.05) is 37.2 Å². The summed E-state index contributed by atoms with van der Waals surface area (Å²) in [6, 6.07) is 12.0. The molecule has 19 heavy (non-hydrogen) atoms. The second kappa shape index (κ2) is 5.72. The molecule has 0 aromatic heterocycles. The molecular weight excluding hydrogens is 309 g/mol. The van der Waals surface area contributed by atoms with Crippen molar-refractivity contribution < 1.29 is 9.50 Å². The Hall–Kier alpha value is -1.39. The Morgan fingerprint density at radius 3 is 2.58 bits per heavy atom. The number of rotatable bonds is 3. The van der Waals surface area contributed by atoms with Gasteiger partial charge in [-0.3, -0.25) is 0 Å². The van der Waals surface area contributed by atoms with Gasteiger partial charge in [0.2, 0.25) is 0 Å². The molecule has 1 N–H and O–H groups in total. The molecule has 0 amide bonds. The van der Waals surface area contributed by atoms with E-state index >= 15 is 0 Å². The van der Waals surface area contributed by atoms with Gasteiger partial charge in [-0.05, 0) is 35.9 Å². The fourth-order valence-electron chi connectivity index (χ4n) is 1.88. The molecule has 0 saturated carbocycles. The molecule has 100 valence electrons. The molecule has 0 aliphatic heterocycles. The first kappa shape index (κ1) is 14.0. The fraction of sp³-hybridized carbons (Fsp3) is 0.200. The van der Waals surface area contributed by atoms with E-state index in [9.17, 15) is 9.50 Å². The minimum absolute atomic E-state index is 0.269. The Morgan fingerprint density at radius 2 is 1.89 bits per heavy atom. The lowest BCUT2D eigenvalue weighted by molar-refractivity contribution is 0.215. The van der Waals surface area contributed by atoms with Crippen molar-refractivity contribution in [1.29, 1.82) is 0 Å². The van der Waals surface area contributed by atoms with Gasteiger partial charge >= 0.3 is 0 Å². The molecule has 0 aliphatic carbocycles. The van der Waals surface area contributed by atoms with Crippen LogP contribution in [0.4, 0.5) is 10.1 Å². The second-order valence-electron chi connectivity index (χ2n) is 4.56. The molecule has 0 bridgehead atoms. The van der Waals surface area contributed by atoms with Crippen LogP contribution in [0.2, 0.25) is 0 Å². The van der Waals surface area contributed by atoms with Crippen molar-refractivity contribution in [2.45, 2.75) is 6.10 Å². The van der Waals surface area contributed by atoms with E-state index in [1.165, 1.54) is 6.07 Å². The maximum absolute atomic E-state index is 13.8. The van der Waals surface area contributed by atoms with Crippen molar-refractivity contribution in [3.05, 3.63) is 63.9 Å². The minimum atomic E-state index is -0.975. The fourth-order valence-corrected chi connectivity index (χ4v) is 2.26. The van der Waals surface area contributed by atoms with E-state index in [4.69, 9.17) is 0 Å². The van der Waals surface area contributed by atoms with E-state index in [0.717, 1.165) is 10.2 Å². The zero-order chi connectivity index (χ0) is 14.0. The van der Waals surface area contributed by atoms with Gasteiger partial charge in [0.1, 0.15) is 11.9 Å². The molecule has 0 aliphatic rings.